The fourth-order valence-electron chi connectivity index (χ4n) is 1.87. The Bertz CT molecular complexity index is 630. The summed E-state index contributed by atoms with van der Waals surface area (Å²) in [7, 11) is -4.17. The van der Waals surface area contributed by atoms with E-state index >= 15 is 0 Å². The lowest BCUT2D eigenvalue weighted by Crippen LogP contribution is -2.03. The maximum Gasteiger partial charge on any atom is 0.295 e. The Labute approximate surface area is 94.5 Å². The molecule has 0 spiro atoms. The highest BCUT2D eigenvalue weighted by Gasteiger charge is 2.17. The Morgan fingerprint density at radius 3 is 2.44 bits per heavy atom. The molecule has 1 N–H and O–H groups in total. The molecule has 0 heterocycles. The van der Waals surface area contributed by atoms with Gasteiger partial charge < -0.3 is 0 Å². The molecule has 0 saturated carbocycles. The second-order valence-corrected chi connectivity index (χ2v) is 4.96. The van der Waals surface area contributed by atoms with Crippen LogP contribution in [0, 0.1) is 0 Å². The molecule has 0 fully saturated rings. The van der Waals surface area contributed by atoms with Crippen LogP contribution in [0.2, 0.25) is 0 Å². The summed E-state index contributed by atoms with van der Waals surface area (Å²) in [4.78, 5) is 0.0353. The third-order valence-corrected chi connectivity index (χ3v) is 3.60. The van der Waals surface area contributed by atoms with Crippen LogP contribution in [0.1, 0.15) is 12.5 Å². The van der Waals surface area contributed by atoms with Crippen molar-refractivity contribution >= 4 is 20.9 Å². The molecule has 0 atom stereocenters. The molecule has 16 heavy (non-hydrogen) atoms. The molecule has 0 aromatic heterocycles. The van der Waals surface area contributed by atoms with Crippen molar-refractivity contribution in [1.82, 2.24) is 0 Å². The molecular weight excluding hydrogens is 224 g/mol. The minimum Gasteiger partial charge on any atom is -0.282 e. The predicted octanol–water partition coefficient (Wildman–Crippen LogP) is 2.65. The van der Waals surface area contributed by atoms with Crippen molar-refractivity contribution in [2.75, 3.05) is 0 Å². The van der Waals surface area contributed by atoms with Crippen molar-refractivity contribution in [1.29, 1.82) is 0 Å². The molecule has 0 amide bonds. The van der Waals surface area contributed by atoms with Crippen LogP contribution in [-0.4, -0.2) is 13.0 Å². The maximum atomic E-state index is 11.4. The quantitative estimate of drug-likeness (QED) is 0.815. The van der Waals surface area contributed by atoms with Gasteiger partial charge in [-0.05, 0) is 17.4 Å². The Morgan fingerprint density at radius 1 is 1.12 bits per heavy atom. The zero-order valence-electron chi connectivity index (χ0n) is 8.84. The van der Waals surface area contributed by atoms with Crippen molar-refractivity contribution in [3.63, 3.8) is 0 Å². The van der Waals surface area contributed by atoms with E-state index < -0.39 is 10.1 Å². The smallest absolute Gasteiger partial charge is 0.282 e. The van der Waals surface area contributed by atoms with Gasteiger partial charge in [0.1, 0.15) is 4.90 Å². The van der Waals surface area contributed by atoms with Gasteiger partial charge in [0.25, 0.3) is 10.1 Å². The zero-order valence-corrected chi connectivity index (χ0v) is 9.66. The minimum absolute atomic E-state index is 0.0353. The number of fused-ring (bicyclic) bond motifs is 1. The molecule has 0 radical (unpaired) electrons. The Hall–Kier alpha value is -1.39. The second kappa shape index (κ2) is 3.88. The van der Waals surface area contributed by atoms with Crippen molar-refractivity contribution in [2.24, 2.45) is 0 Å². The average Bonchev–Trinajstić information content (AvgIpc) is 2.26. The van der Waals surface area contributed by atoms with E-state index in [1.807, 2.05) is 25.1 Å². The van der Waals surface area contributed by atoms with E-state index in [1.165, 1.54) is 0 Å². The van der Waals surface area contributed by atoms with Gasteiger partial charge in [0, 0.05) is 5.39 Å². The normalized spacial score (nSPS) is 11.9. The van der Waals surface area contributed by atoms with E-state index in [4.69, 9.17) is 0 Å². The fraction of sp³-hybridized carbons (Fsp3) is 0.167. The standard InChI is InChI=1S/C12H12O3S/c1-2-9-7-8-10-5-3-4-6-11(10)12(9)16(13,14)15/h3-8H,2H2,1H3,(H,13,14,15). The lowest BCUT2D eigenvalue weighted by atomic mass is 10.1. The van der Waals surface area contributed by atoms with Crippen molar-refractivity contribution in [3.8, 4) is 0 Å². The lowest BCUT2D eigenvalue weighted by Gasteiger charge is -2.08. The van der Waals surface area contributed by atoms with Gasteiger partial charge in [-0.3, -0.25) is 4.55 Å². The number of aryl methyl sites for hydroxylation is 1. The summed E-state index contributed by atoms with van der Waals surface area (Å²) in [6, 6.07) is 10.7. The van der Waals surface area contributed by atoms with Gasteiger partial charge in [-0.1, -0.05) is 43.3 Å². The highest BCUT2D eigenvalue weighted by Crippen LogP contribution is 2.26. The first-order chi connectivity index (χ1) is 7.54. The molecule has 4 heteroatoms. The topological polar surface area (TPSA) is 54.4 Å². The number of benzene rings is 2. The van der Waals surface area contributed by atoms with Gasteiger partial charge >= 0.3 is 0 Å². The van der Waals surface area contributed by atoms with Gasteiger partial charge in [0.05, 0.1) is 0 Å². The van der Waals surface area contributed by atoms with Crippen LogP contribution in [0.3, 0.4) is 0 Å². The van der Waals surface area contributed by atoms with E-state index in [-0.39, 0.29) is 4.90 Å². The van der Waals surface area contributed by atoms with Crippen LogP contribution in [-0.2, 0) is 16.5 Å². The third-order valence-electron chi connectivity index (χ3n) is 2.60. The van der Waals surface area contributed by atoms with Gasteiger partial charge in [0.2, 0.25) is 0 Å². The summed E-state index contributed by atoms with van der Waals surface area (Å²) in [5.41, 5.74) is 0.640. The summed E-state index contributed by atoms with van der Waals surface area (Å²) < 4.78 is 32.0. The number of rotatable bonds is 2. The van der Waals surface area contributed by atoms with E-state index in [1.54, 1.807) is 18.2 Å². The first-order valence-electron chi connectivity index (χ1n) is 5.02. The van der Waals surface area contributed by atoms with Gasteiger partial charge in [-0.25, -0.2) is 0 Å². The SMILES string of the molecule is CCc1ccc2ccccc2c1S(=O)(=O)O. The van der Waals surface area contributed by atoms with Crippen LogP contribution in [0.5, 0.6) is 0 Å². The van der Waals surface area contributed by atoms with Crippen molar-refractivity contribution in [3.05, 3.63) is 42.0 Å². The first-order valence-corrected chi connectivity index (χ1v) is 6.46. The maximum absolute atomic E-state index is 11.4. The van der Waals surface area contributed by atoms with Crippen LogP contribution in [0.4, 0.5) is 0 Å². The van der Waals surface area contributed by atoms with Gasteiger partial charge in [-0.2, -0.15) is 8.42 Å². The van der Waals surface area contributed by atoms with Gasteiger partial charge in [-0.15, -0.1) is 0 Å². The third kappa shape index (κ3) is 1.81. The molecule has 0 saturated heterocycles. The molecule has 0 bridgehead atoms. The molecule has 3 nitrogen and oxygen atoms in total. The number of hydrogen-bond acceptors (Lipinski definition) is 2. The summed E-state index contributed by atoms with van der Waals surface area (Å²) in [5.74, 6) is 0. The summed E-state index contributed by atoms with van der Waals surface area (Å²) in [5, 5.41) is 1.39. The Morgan fingerprint density at radius 2 is 1.81 bits per heavy atom. The summed E-state index contributed by atoms with van der Waals surface area (Å²) >= 11 is 0. The predicted molar refractivity (Wildman–Crippen MR) is 63.1 cm³/mol. The van der Waals surface area contributed by atoms with Crippen LogP contribution in [0.25, 0.3) is 10.8 Å². The molecule has 2 rings (SSSR count). The lowest BCUT2D eigenvalue weighted by molar-refractivity contribution is 0.483. The molecular formula is C12H12O3S. The highest BCUT2D eigenvalue weighted by molar-refractivity contribution is 7.86. The van der Waals surface area contributed by atoms with Crippen LogP contribution >= 0.6 is 0 Å². The Balaban J connectivity index is 2.95. The average molecular weight is 236 g/mol. The largest absolute Gasteiger partial charge is 0.295 e. The molecule has 0 aliphatic heterocycles. The Kier molecular flexibility index (Phi) is 2.69. The molecule has 2 aromatic rings. The fourth-order valence-corrected chi connectivity index (χ4v) is 2.88. The number of hydrogen-bond donors (Lipinski definition) is 1. The van der Waals surface area contributed by atoms with Crippen molar-refractivity contribution in [2.45, 2.75) is 18.2 Å². The van der Waals surface area contributed by atoms with Crippen molar-refractivity contribution < 1.29 is 13.0 Å². The molecule has 84 valence electrons. The van der Waals surface area contributed by atoms with E-state index in [9.17, 15) is 13.0 Å². The molecule has 0 unspecified atom stereocenters. The van der Waals surface area contributed by atoms with E-state index in [0.29, 0.717) is 17.4 Å². The molecule has 0 aliphatic carbocycles. The first kappa shape index (κ1) is 11.1. The van der Waals surface area contributed by atoms with E-state index in [2.05, 4.69) is 0 Å². The highest BCUT2D eigenvalue weighted by atomic mass is 32.2. The summed E-state index contributed by atoms with van der Waals surface area (Å²) in [6.45, 7) is 1.86. The summed E-state index contributed by atoms with van der Waals surface area (Å²) in [6.07, 6.45) is 0.569. The molecule has 2 aromatic carbocycles. The monoisotopic (exact) mass is 236 g/mol. The van der Waals surface area contributed by atoms with E-state index in [0.717, 1.165) is 5.39 Å². The van der Waals surface area contributed by atoms with Crippen LogP contribution < -0.4 is 0 Å². The second-order valence-electron chi connectivity index (χ2n) is 3.60. The van der Waals surface area contributed by atoms with Gasteiger partial charge in [0.15, 0.2) is 0 Å². The zero-order chi connectivity index (χ0) is 11.8. The van der Waals surface area contributed by atoms with Crippen LogP contribution in [0.15, 0.2) is 41.3 Å². The molecule has 0 aliphatic rings. The minimum atomic E-state index is -4.17.